The summed E-state index contributed by atoms with van der Waals surface area (Å²) >= 11 is 1.42. The Labute approximate surface area is 170 Å². The number of fused-ring (bicyclic) bond motifs is 1. The van der Waals surface area contributed by atoms with Crippen molar-refractivity contribution in [1.29, 1.82) is 0 Å². The number of β-lactam (4-membered cyclic amide) rings is 1. The van der Waals surface area contributed by atoms with Crippen LogP contribution < -0.4 is 10.6 Å². The predicted octanol–water partition coefficient (Wildman–Crippen LogP) is 1.09. The second-order valence-electron chi connectivity index (χ2n) is 7.21. The van der Waals surface area contributed by atoms with E-state index < -0.39 is 18.0 Å². The molecule has 0 saturated carbocycles. The first kappa shape index (κ1) is 19.5. The maximum absolute atomic E-state index is 12.5. The van der Waals surface area contributed by atoms with E-state index in [1.807, 2.05) is 0 Å². The third-order valence-electron chi connectivity index (χ3n) is 5.27. The molecular weight excluding hydrogens is 398 g/mol. The summed E-state index contributed by atoms with van der Waals surface area (Å²) in [5, 5.41) is 24.4. The van der Waals surface area contributed by atoms with Gasteiger partial charge in [0.1, 0.15) is 5.70 Å². The van der Waals surface area contributed by atoms with E-state index in [-0.39, 0.29) is 34.4 Å². The van der Waals surface area contributed by atoms with Gasteiger partial charge in [0.2, 0.25) is 11.8 Å². The predicted molar refractivity (Wildman–Crippen MR) is 104 cm³/mol. The summed E-state index contributed by atoms with van der Waals surface area (Å²) in [6.07, 6.45) is 1.43. The van der Waals surface area contributed by atoms with E-state index in [0.717, 1.165) is 0 Å². The lowest BCUT2D eigenvalue weighted by Gasteiger charge is -2.34. The fourth-order valence-electron chi connectivity index (χ4n) is 3.88. The molecule has 2 fully saturated rings. The van der Waals surface area contributed by atoms with E-state index in [4.69, 9.17) is 5.11 Å². The van der Waals surface area contributed by atoms with Crippen molar-refractivity contribution in [2.45, 2.75) is 36.6 Å². The Bertz CT molecular complexity index is 946. The number of rotatable bonds is 6. The summed E-state index contributed by atoms with van der Waals surface area (Å²) in [5.74, 6) is -2.60. The van der Waals surface area contributed by atoms with Gasteiger partial charge >= 0.3 is 11.9 Å². The zero-order chi connectivity index (χ0) is 20.7. The molecule has 0 aromatic heterocycles. The Morgan fingerprint density at radius 3 is 2.66 bits per heavy atom. The maximum atomic E-state index is 12.5. The topological polar surface area (TPSA) is 136 Å². The van der Waals surface area contributed by atoms with Crippen LogP contribution in [0.25, 0.3) is 0 Å². The zero-order valence-corrected chi connectivity index (χ0v) is 16.1. The molecule has 4 rings (SSSR count). The first-order valence-electron chi connectivity index (χ1n) is 9.16. The average molecular weight is 417 g/mol. The van der Waals surface area contributed by atoms with Crippen molar-refractivity contribution < 1.29 is 29.4 Å². The van der Waals surface area contributed by atoms with Crippen LogP contribution in [0.4, 0.5) is 5.69 Å². The van der Waals surface area contributed by atoms with Crippen LogP contribution in [0.5, 0.6) is 0 Å². The fraction of sp³-hybridized carbons (Fsp3) is 0.368. The number of benzene rings is 1. The molecule has 4 N–H and O–H groups in total. The second kappa shape index (κ2) is 7.53. The summed E-state index contributed by atoms with van der Waals surface area (Å²) in [7, 11) is 0. The number of hydrogen-bond acceptors (Lipinski definition) is 6. The van der Waals surface area contributed by atoms with Gasteiger partial charge in [0.15, 0.2) is 0 Å². The Kier molecular flexibility index (Phi) is 5.05. The van der Waals surface area contributed by atoms with Crippen molar-refractivity contribution in [3.05, 3.63) is 40.4 Å². The Balaban J connectivity index is 1.38. The summed E-state index contributed by atoms with van der Waals surface area (Å²) in [6, 6.07) is 5.51. The van der Waals surface area contributed by atoms with Crippen LogP contribution in [0, 0.1) is 0 Å². The van der Waals surface area contributed by atoms with Crippen LogP contribution in [0.1, 0.15) is 29.6 Å². The largest absolute Gasteiger partial charge is 0.478 e. The Hall–Kier alpha value is -2.85. The van der Waals surface area contributed by atoms with Gasteiger partial charge in [0, 0.05) is 35.2 Å². The first-order valence-corrected chi connectivity index (χ1v) is 10.0. The van der Waals surface area contributed by atoms with E-state index in [0.29, 0.717) is 36.4 Å². The lowest BCUT2D eigenvalue weighted by atomic mass is 10.0. The molecule has 0 bridgehead atoms. The van der Waals surface area contributed by atoms with Gasteiger partial charge in [-0.1, -0.05) is 6.07 Å². The second-order valence-corrected chi connectivity index (χ2v) is 8.61. The standard InChI is InChI=1S/C19H19N3O6S/c23-15-6-11-5-14(16(19(27)28)22(11)15)29-12-7-13(20-8-12)17(24)21-10-3-1-2-9(4-10)18(25)26/h1-4,11-13,20H,5-8H2,(H,21,24)(H,25,26)(H,27,28)/t11-,12?,13?/m1/s1. The highest BCUT2D eigenvalue weighted by Crippen LogP contribution is 2.45. The molecule has 0 radical (unpaired) electrons. The highest BCUT2D eigenvalue weighted by Gasteiger charge is 2.48. The van der Waals surface area contributed by atoms with E-state index >= 15 is 0 Å². The SMILES string of the molecule is O=C(O)C1=C(SC2CNC(C(=O)Nc3cccc(C(=O)O)c3)C2)C[C@@H]2CC(=O)N12. The number of aromatic carboxylic acids is 1. The molecule has 3 aliphatic heterocycles. The quantitative estimate of drug-likeness (QED) is 0.505. The number of aliphatic carboxylic acids is 1. The smallest absolute Gasteiger partial charge is 0.353 e. The number of nitrogens with zero attached hydrogens (tertiary/aromatic N) is 1. The normalized spacial score (nSPS) is 25.6. The molecule has 9 nitrogen and oxygen atoms in total. The lowest BCUT2D eigenvalue weighted by Crippen LogP contribution is -2.49. The zero-order valence-electron chi connectivity index (χ0n) is 15.3. The van der Waals surface area contributed by atoms with Crippen molar-refractivity contribution >= 4 is 41.2 Å². The average Bonchev–Trinajstić information content (AvgIpc) is 3.24. The van der Waals surface area contributed by atoms with Crippen LogP contribution >= 0.6 is 11.8 Å². The summed E-state index contributed by atoms with van der Waals surface area (Å²) in [5.41, 5.74) is 0.571. The highest BCUT2D eigenvalue weighted by molar-refractivity contribution is 8.03. The van der Waals surface area contributed by atoms with Crippen molar-refractivity contribution in [3.63, 3.8) is 0 Å². The number of carboxylic acids is 2. The van der Waals surface area contributed by atoms with Gasteiger partial charge in [0.25, 0.3) is 0 Å². The molecule has 152 valence electrons. The van der Waals surface area contributed by atoms with Gasteiger partial charge in [-0.05, 0) is 24.6 Å². The van der Waals surface area contributed by atoms with E-state index in [1.54, 1.807) is 12.1 Å². The number of carbonyl (C=O) groups excluding carboxylic acids is 2. The molecule has 2 unspecified atom stereocenters. The lowest BCUT2D eigenvalue weighted by molar-refractivity contribution is -0.147. The molecule has 2 amide bonds. The van der Waals surface area contributed by atoms with Gasteiger partial charge in [-0.25, -0.2) is 9.59 Å². The fourth-order valence-corrected chi connectivity index (χ4v) is 5.33. The van der Waals surface area contributed by atoms with Crippen LogP contribution in [-0.2, 0) is 14.4 Å². The number of anilines is 1. The van der Waals surface area contributed by atoms with Crippen molar-refractivity contribution in [2.75, 3.05) is 11.9 Å². The van der Waals surface area contributed by atoms with Crippen LogP contribution in [0.3, 0.4) is 0 Å². The number of nitrogens with one attached hydrogen (secondary N) is 2. The number of thioether (sulfide) groups is 1. The summed E-state index contributed by atoms with van der Waals surface area (Å²) in [4.78, 5) is 48.9. The molecule has 2 saturated heterocycles. The van der Waals surface area contributed by atoms with Crippen LogP contribution in [0.2, 0.25) is 0 Å². The van der Waals surface area contributed by atoms with E-state index in [9.17, 15) is 24.3 Å². The minimum absolute atomic E-state index is 0.00857. The molecule has 0 aliphatic carbocycles. The number of carbonyl (C=O) groups is 4. The third kappa shape index (κ3) is 3.73. The molecule has 3 atom stereocenters. The summed E-state index contributed by atoms with van der Waals surface area (Å²) in [6.45, 7) is 0.535. The molecule has 0 spiro atoms. The molecule has 3 aliphatic rings. The van der Waals surface area contributed by atoms with Gasteiger partial charge < -0.3 is 25.7 Å². The number of hydrogen-bond donors (Lipinski definition) is 4. The maximum Gasteiger partial charge on any atom is 0.353 e. The van der Waals surface area contributed by atoms with Crippen LogP contribution in [-0.4, -0.2) is 62.7 Å². The first-order chi connectivity index (χ1) is 13.8. The third-order valence-corrected chi connectivity index (χ3v) is 6.60. The number of carboxylic acid groups (broad SMARTS) is 2. The minimum atomic E-state index is -1.10. The van der Waals surface area contributed by atoms with Gasteiger partial charge in [-0.15, -0.1) is 11.8 Å². The molecular formula is C19H19N3O6S. The van der Waals surface area contributed by atoms with Gasteiger partial charge in [0.05, 0.1) is 17.6 Å². The van der Waals surface area contributed by atoms with Gasteiger partial charge in [-0.3, -0.25) is 9.59 Å². The molecule has 3 heterocycles. The minimum Gasteiger partial charge on any atom is -0.478 e. The van der Waals surface area contributed by atoms with E-state index in [1.165, 1.54) is 28.8 Å². The Morgan fingerprint density at radius 1 is 1.17 bits per heavy atom. The highest BCUT2D eigenvalue weighted by atomic mass is 32.2. The summed E-state index contributed by atoms with van der Waals surface area (Å²) < 4.78 is 0. The van der Waals surface area contributed by atoms with E-state index in [2.05, 4.69) is 10.6 Å². The van der Waals surface area contributed by atoms with Crippen LogP contribution in [0.15, 0.2) is 34.9 Å². The molecule has 29 heavy (non-hydrogen) atoms. The molecule has 1 aromatic carbocycles. The van der Waals surface area contributed by atoms with Crippen molar-refractivity contribution in [2.24, 2.45) is 0 Å². The van der Waals surface area contributed by atoms with Crippen molar-refractivity contribution in [1.82, 2.24) is 10.2 Å². The number of amides is 2. The molecule has 1 aromatic rings. The molecule has 10 heteroatoms. The Morgan fingerprint density at radius 2 is 1.97 bits per heavy atom. The monoisotopic (exact) mass is 417 g/mol. The van der Waals surface area contributed by atoms with Crippen molar-refractivity contribution in [3.8, 4) is 0 Å². The van der Waals surface area contributed by atoms with Gasteiger partial charge in [-0.2, -0.15) is 0 Å².